The number of hydrogen-bond donors (Lipinski definition) is 0. The van der Waals surface area contributed by atoms with Crippen LogP contribution in [-0.4, -0.2) is 25.1 Å². The molecule has 1 aliphatic heterocycles. The highest BCUT2D eigenvalue weighted by molar-refractivity contribution is 5.15. The summed E-state index contributed by atoms with van der Waals surface area (Å²) in [6.07, 6.45) is 1.52. The van der Waals surface area contributed by atoms with Gasteiger partial charge in [0.15, 0.2) is 6.29 Å². The van der Waals surface area contributed by atoms with Crippen molar-refractivity contribution in [1.82, 2.24) is 0 Å². The zero-order chi connectivity index (χ0) is 22.7. The number of rotatable bonds is 13. The third-order valence-corrected chi connectivity index (χ3v) is 6.01. The van der Waals surface area contributed by atoms with Crippen molar-refractivity contribution in [2.24, 2.45) is 5.92 Å². The molecule has 174 valence electrons. The molecule has 1 heterocycles. The summed E-state index contributed by atoms with van der Waals surface area (Å²) in [5.74, 6) is 0.129. The van der Waals surface area contributed by atoms with Gasteiger partial charge in [-0.25, -0.2) is 0 Å². The first-order valence-corrected chi connectivity index (χ1v) is 11.9. The van der Waals surface area contributed by atoms with E-state index in [-0.39, 0.29) is 24.4 Å². The van der Waals surface area contributed by atoms with E-state index in [0.717, 1.165) is 24.0 Å². The van der Waals surface area contributed by atoms with Gasteiger partial charge in [0.05, 0.1) is 44.6 Å². The Labute approximate surface area is 197 Å². The second-order valence-electron chi connectivity index (χ2n) is 8.55. The lowest BCUT2D eigenvalue weighted by Crippen LogP contribution is -2.53. The fourth-order valence-corrected chi connectivity index (χ4v) is 4.14. The van der Waals surface area contributed by atoms with Gasteiger partial charge in [0.25, 0.3) is 0 Å². The van der Waals surface area contributed by atoms with Crippen LogP contribution in [0.3, 0.4) is 0 Å². The molecule has 1 aliphatic rings. The normalized spacial score (nSPS) is 19.5. The number of hydrogen-bond acceptors (Lipinski definition) is 4. The second-order valence-corrected chi connectivity index (χ2v) is 8.55. The molecule has 4 atom stereocenters. The van der Waals surface area contributed by atoms with Crippen LogP contribution in [0.1, 0.15) is 36.5 Å². The van der Waals surface area contributed by atoms with Crippen LogP contribution in [0.5, 0.6) is 0 Å². The molecular weight excluding hydrogens is 412 g/mol. The van der Waals surface area contributed by atoms with E-state index >= 15 is 0 Å². The van der Waals surface area contributed by atoms with E-state index < -0.39 is 0 Å². The van der Waals surface area contributed by atoms with E-state index in [4.69, 9.17) is 18.9 Å². The highest BCUT2D eigenvalue weighted by Gasteiger charge is 2.44. The summed E-state index contributed by atoms with van der Waals surface area (Å²) >= 11 is 0. The fraction of sp³-hybridized carbons (Fsp3) is 0.379. The topological polar surface area (TPSA) is 36.9 Å². The maximum Gasteiger partial charge on any atom is 0.165 e. The van der Waals surface area contributed by atoms with Crippen LogP contribution in [0.4, 0.5) is 0 Å². The highest BCUT2D eigenvalue weighted by atomic mass is 16.7. The van der Waals surface area contributed by atoms with Gasteiger partial charge >= 0.3 is 0 Å². The lowest BCUT2D eigenvalue weighted by Gasteiger charge is -2.43. The summed E-state index contributed by atoms with van der Waals surface area (Å²) < 4.78 is 25.0. The van der Waals surface area contributed by atoms with E-state index in [1.54, 1.807) is 0 Å². The van der Waals surface area contributed by atoms with Crippen molar-refractivity contribution in [2.45, 2.75) is 58.1 Å². The van der Waals surface area contributed by atoms with E-state index in [2.05, 4.69) is 43.3 Å². The summed E-state index contributed by atoms with van der Waals surface area (Å²) in [6.45, 7) is 4.44. The van der Waals surface area contributed by atoms with Crippen LogP contribution >= 0.6 is 0 Å². The van der Waals surface area contributed by atoms with Crippen molar-refractivity contribution in [1.29, 1.82) is 0 Å². The van der Waals surface area contributed by atoms with Crippen LogP contribution in [-0.2, 0) is 38.8 Å². The Morgan fingerprint density at radius 3 is 1.73 bits per heavy atom. The first-order chi connectivity index (χ1) is 16.3. The maximum atomic E-state index is 6.53. The van der Waals surface area contributed by atoms with Gasteiger partial charge in [-0.05, 0) is 23.1 Å². The molecule has 0 N–H and O–H groups in total. The molecule has 4 rings (SSSR count). The van der Waals surface area contributed by atoms with Gasteiger partial charge in [0, 0.05) is 0 Å². The smallest absolute Gasteiger partial charge is 0.165 e. The van der Waals surface area contributed by atoms with Crippen molar-refractivity contribution in [3.05, 3.63) is 108 Å². The molecule has 4 unspecified atom stereocenters. The molecule has 0 spiro atoms. The molecule has 3 aromatic carbocycles. The number of benzene rings is 3. The van der Waals surface area contributed by atoms with Gasteiger partial charge in [-0.15, -0.1) is 0 Å². The number of ether oxygens (including phenoxy) is 4. The van der Waals surface area contributed by atoms with Gasteiger partial charge < -0.3 is 18.9 Å². The van der Waals surface area contributed by atoms with Gasteiger partial charge in [-0.1, -0.05) is 104 Å². The molecular formula is C29H34O4. The Bertz CT molecular complexity index is 916. The molecule has 4 nitrogen and oxygen atoms in total. The van der Waals surface area contributed by atoms with Crippen LogP contribution < -0.4 is 0 Å². The van der Waals surface area contributed by atoms with E-state index in [1.807, 2.05) is 54.6 Å². The predicted octanol–water partition coefficient (Wildman–Crippen LogP) is 6.15. The molecule has 0 radical (unpaired) electrons. The maximum absolute atomic E-state index is 6.53. The Hall–Kier alpha value is -2.50. The molecule has 33 heavy (non-hydrogen) atoms. The van der Waals surface area contributed by atoms with E-state index in [9.17, 15) is 0 Å². The lowest BCUT2D eigenvalue weighted by atomic mass is 9.91. The highest BCUT2D eigenvalue weighted by Crippen LogP contribution is 2.32. The van der Waals surface area contributed by atoms with Crippen LogP contribution in [0, 0.1) is 5.92 Å². The van der Waals surface area contributed by atoms with Crippen LogP contribution in [0.15, 0.2) is 91.0 Å². The van der Waals surface area contributed by atoms with Crippen molar-refractivity contribution in [2.75, 3.05) is 6.61 Å². The molecule has 4 heteroatoms. The first-order valence-electron chi connectivity index (χ1n) is 11.9. The summed E-state index contributed by atoms with van der Waals surface area (Å²) in [5.41, 5.74) is 3.46. The minimum absolute atomic E-state index is 0.0318. The van der Waals surface area contributed by atoms with Crippen LogP contribution in [0.2, 0.25) is 0 Å². The molecule has 0 amide bonds. The molecule has 0 aliphatic carbocycles. The minimum atomic E-state index is -0.286. The summed E-state index contributed by atoms with van der Waals surface area (Å²) in [5, 5.41) is 0. The fourth-order valence-electron chi connectivity index (χ4n) is 4.14. The molecule has 1 fully saturated rings. The van der Waals surface area contributed by atoms with Crippen molar-refractivity contribution in [3.63, 3.8) is 0 Å². The average molecular weight is 447 g/mol. The average Bonchev–Trinajstić information content (AvgIpc) is 2.85. The molecule has 0 saturated carbocycles. The summed E-state index contributed by atoms with van der Waals surface area (Å²) in [4.78, 5) is 0. The van der Waals surface area contributed by atoms with E-state index in [1.165, 1.54) is 5.56 Å². The Morgan fingerprint density at radius 2 is 1.24 bits per heavy atom. The Morgan fingerprint density at radius 1 is 0.727 bits per heavy atom. The largest absolute Gasteiger partial charge is 0.371 e. The van der Waals surface area contributed by atoms with Gasteiger partial charge in [0.2, 0.25) is 0 Å². The molecule has 0 bridgehead atoms. The van der Waals surface area contributed by atoms with Crippen molar-refractivity contribution < 1.29 is 18.9 Å². The summed E-state index contributed by atoms with van der Waals surface area (Å²) in [7, 11) is 0. The van der Waals surface area contributed by atoms with Crippen LogP contribution in [0.25, 0.3) is 0 Å². The third-order valence-electron chi connectivity index (χ3n) is 6.01. The minimum Gasteiger partial charge on any atom is -0.371 e. The van der Waals surface area contributed by atoms with E-state index in [0.29, 0.717) is 26.4 Å². The lowest BCUT2D eigenvalue weighted by molar-refractivity contribution is -0.301. The zero-order valence-corrected chi connectivity index (χ0v) is 19.3. The molecule has 0 aromatic heterocycles. The SMILES string of the molecule is CCCC(OCc1ccccc1)C(OCc1ccccc1)C1COC1OCc1ccccc1. The quantitative estimate of drug-likeness (QED) is 0.316. The Kier molecular flexibility index (Phi) is 9.08. The standard InChI is InChI=1S/C29H34O4/c1-2-12-27(30-19-23-13-6-3-7-14-23)28(31-20-24-15-8-4-9-16-24)26-22-33-29(26)32-21-25-17-10-5-11-18-25/h3-11,13-18,26-29H,2,12,19-22H2,1H3. The molecule has 1 saturated heterocycles. The van der Waals surface area contributed by atoms with Gasteiger partial charge in [-0.2, -0.15) is 0 Å². The second kappa shape index (κ2) is 12.7. The monoisotopic (exact) mass is 446 g/mol. The Balaban J connectivity index is 1.44. The first kappa shape index (κ1) is 23.7. The van der Waals surface area contributed by atoms with Gasteiger partial charge in [-0.3, -0.25) is 0 Å². The third kappa shape index (κ3) is 6.99. The van der Waals surface area contributed by atoms with Crippen molar-refractivity contribution >= 4 is 0 Å². The van der Waals surface area contributed by atoms with Gasteiger partial charge in [0.1, 0.15) is 0 Å². The summed E-state index contributed by atoms with van der Waals surface area (Å²) in [6, 6.07) is 30.8. The molecule has 3 aromatic rings. The zero-order valence-electron chi connectivity index (χ0n) is 19.3. The van der Waals surface area contributed by atoms with Crippen molar-refractivity contribution in [3.8, 4) is 0 Å². The predicted molar refractivity (Wildman–Crippen MR) is 129 cm³/mol.